The van der Waals surface area contributed by atoms with E-state index in [-0.39, 0.29) is 17.3 Å². The number of aromatic nitrogens is 1. The SMILES string of the molecule is Cc1cc(F)ccc1N1CN(c2ccc(=O)n(COP(=O)(OC(C)(C)C)OC(C)(C)C)c2C)C(=O)c2cc(F)c(Cl)cc21. The van der Waals surface area contributed by atoms with Gasteiger partial charge in [0.05, 0.1) is 33.2 Å². The summed E-state index contributed by atoms with van der Waals surface area (Å²) in [7, 11) is -4.17. The zero-order valence-electron chi connectivity index (χ0n) is 25.3. The summed E-state index contributed by atoms with van der Waals surface area (Å²) >= 11 is 6.10. The molecule has 3 aromatic rings. The number of carbonyl (C=O) groups is 1. The van der Waals surface area contributed by atoms with Crippen molar-refractivity contribution in [3.05, 3.63) is 86.3 Å². The van der Waals surface area contributed by atoms with Gasteiger partial charge in [-0.1, -0.05) is 11.6 Å². The molecule has 2 aromatic carbocycles. The monoisotopic (exact) mass is 637 g/mol. The molecule has 0 saturated carbocycles. The van der Waals surface area contributed by atoms with Crippen LogP contribution in [0.5, 0.6) is 0 Å². The standard InChI is InChI=1S/C30H35ClF2N3O6P/c1-18-13-20(32)9-10-24(18)34-16-35(28(38)21-14-23(33)22(31)15-26(21)34)25-11-12-27(37)36(19(25)2)17-40-43(39,41-29(3,4)5)42-30(6,7)8/h9-15H,16-17H2,1-8H3. The van der Waals surface area contributed by atoms with E-state index in [0.29, 0.717) is 28.3 Å². The molecule has 0 atom stereocenters. The summed E-state index contributed by atoms with van der Waals surface area (Å²) in [5, 5.41) is -0.175. The molecular formula is C30H35ClF2N3O6P. The molecule has 2 heterocycles. The van der Waals surface area contributed by atoms with Gasteiger partial charge in [0.25, 0.3) is 11.5 Å². The molecule has 13 heteroatoms. The Morgan fingerprint density at radius 1 is 0.860 bits per heavy atom. The lowest BCUT2D eigenvalue weighted by Crippen LogP contribution is -2.46. The number of phosphoric ester groups is 1. The van der Waals surface area contributed by atoms with Gasteiger partial charge in [-0.2, -0.15) is 0 Å². The lowest BCUT2D eigenvalue weighted by Gasteiger charge is -2.39. The number of hydrogen-bond acceptors (Lipinski definition) is 7. The molecule has 1 aliphatic heterocycles. The largest absolute Gasteiger partial charge is 0.477 e. The van der Waals surface area contributed by atoms with Gasteiger partial charge in [0, 0.05) is 17.4 Å². The van der Waals surface area contributed by atoms with E-state index in [2.05, 4.69) is 0 Å². The van der Waals surface area contributed by atoms with E-state index in [1.54, 1.807) is 66.4 Å². The van der Waals surface area contributed by atoms with Crippen LogP contribution in [-0.4, -0.2) is 28.3 Å². The third-order valence-electron chi connectivity index (χ3n) is 6.37. The predicted molar refractivity (Wildman–Crippen MR) is 162 cm³/mol. The van der Waals surface area contributed by atoms with Crippen LogP contribution in [0.1, 0.15) is 63.2 Å². The molecule has 0 aliphatic carbocycles. The van der Waals surface area contributed by atoms with Gasteiger partial charge in [0.1, 0.15) is 25.0 Å². The van der Waals surface area contributed by atoms with E-state index < -0.39 is 48.9 Å². The van der Waals surface area contributed by atoms with Crippen LogP contribution in [0, 0.1) is 25.5 Å². The fourth-order valence-corrected chi connectivity index (χ4v) is 6.55. The summed E-state index contributed by atoms with van der Waals surface area (Å²) < 4.78 is 60.4. The van der Waals surface area contributed by atoms with E-state index in [4.69, 9.17) is 25.2 Å². The number of benzene rings is 2. The molecule has 232 valence electrons. The Labute approximate surface area is 254 Å². The fourth-order valence-electron chi connectivity index (χ4n) is 4.65. The Bertz CT molecular complexity index is 1660. The maximum Gasteiger partial charge on any atom is 0.477 e. The first-order valence-electron chi connectivity index (χ1n) is 13.5. The van der Waals surface area contributed by atoms with Crippen molar-refractivity contribution in [2.75, 3.05) is 16.5 Å². The highest BCUT2D eigenvalue weighted by molar-refractivity contribution is 7.48. The molecule has 0 unspecified atom stereocenters. The first-order chi connectivity index (χ1) is 19.8. The number of carbonyl (C=O) groups excluding carboxylic acids is 1. The summed E-state index contributed by atoms with van der Waals surface area (Å²) in [6, 6.07) is 9.31. The molecule has 1 aliphatic rings. The molecule has 1 aromatic heterocycles. The molecule has 4 rings (SSSR count). The molecule has 43 heavy (non-hydrogen) atoms. The van der Waals surface area contributed by atoms with Crippen LogP contribution < -0.4 is 15.4 Å². The zero-order chi connectivity index (χ0) is 32.1. The second-order valence-corrected chi connectivity index (χ2v) is 14.1. The summed E-state index contributed by atoms with van der Waals surface area (Å²) in [5.74, 6) is -1.77. The van der Waals surface area contributed by atoms with E-state index in [0.717, 1.165) is 6.07 Å². The lowest BCUT2D eigenvalue weighted by molar-refractivity contribution is -0.00671. The molecule has 0 radical (unpaired) electrons. The third kappa shape index (κ3) is 7.36. The van der Waals surface area contributed by atoms with Crippen molar-refractivity contribution < 1.29 is 31.7 Å². The summed E-state index contributed by atoms with van der Waals surface area (Å²) in [4.78, 5) is 29.9. The minimum Gasteiger partial charge on any atom is -0.322 e. The number of amides is 1. The summed E-state index contributed by atoms with van der Waals surface area (Å²) in [6.45, 7) is 12.9. The molecule has 0 spiro atoms. The highest BCUT2D eigenvalue weighted by Gasteiger charge is 2.38. The number of fused-ring (bicyclic) bond motifs is 1. The lowest BCUT2D eigenvalue weighted by atomic mass is 10.0. The molecule has 1 amide bonds. The Morgan fingerprint density at radius 3 is 2.05 bits per heavy atom. The van der Waals surface area contributed by atoms with E-state index in [9.17, 15) is 22.9 Å². The van der Waals surface area contributed by atoms with E-state index >= 15 is 0 Å². The van der Waals surface area contributed by atoms with Crippen molar-refractivity contribution in [1.82, 2.24) is 4.57 Å². The summed E-state index contributed by atoms with van der Waals surface area (Å²) in [5.41, 5.74) is -0.167. The van der Waals surface area contributed by atoms with Crippen molar-refractivity contribution >= 4 is 42.4 Å². The number of rotatable bonds is 7. The maximum atomic E-state index is 14.6. The van der Waals surface area contributed by atoms with Crippen molar-refractivity contribution in [3.63, 3.8) is 0 Å². The van der Waals surface area contributed by atoms with Gasteiger partial charge < -0.3 is 4.90 Å². The van der Waals surface area contributed by atoms with Crippen molar-refractivity contribution in [2.24, 2.45) is 0 Å². The highest BCUT2D eigenvalue weighted by atomic mass is 35.5. The Hall–Kier alpha value is -3.08. The molecule has 0 saturated heterocycles. The minimum absolute atomic E-state index is 0.0203. The van der Waals surface area contributed by atoms with Gasteiger partial charge in [-0.25, -0.2) is 13.3 Å². The van der Waals surface area contributed by atoms with Gasteiger partial charge in [-0.05, 0) is 97.4 Å². The van der Waals surface area contributed by atoms with Crippen molar-refractivity contribution in [2.45, 2.75) is 73.3 Å². The van der Waals surface area contributed by atoms with Gasteiger partial charge in [0.15, 0.2) is 0 Å². The summed E-state index contributed by atoms with van der Waals surface area (Å²) in [6.07, 6.45) is 0. The van der Waals surface area contributed by atoms with Crippen molar-refractivity contribution in [3.8, 4) is 0 Å². The number of hydrogen-bond donors (Lipinski definition) is 0. The number of pyridine rings is 1. The average Bonchev–Trinajstić information content (AvgIpc) is 2.84. The Kier molecular flexibility index (Phi) is 8.99. The minimum atomic E-state index is -4.17. The van der Waals surface area contributed by atoms with Gasteiger partial charge in [0.2, 0.25) is 0 Å². The highest BCUT2D eigenvalue weighted by Crippen LogP contribution is 2.55. The van der Waals surface area contributed by atoms with Crippen LogP contribution in [0.2, 0.25) is 5.02 Å². The normalized spacial score (nSPS) is 14.3. The number of aryl methyl sites for hydroxylation is 1. The third-order valence-corrected chi connectivity index (χ3v) is 8.63. The molecule has 0 fully saturated rings. The van der Waals surface area contributed by atoms with E-state index in [1.165, 1.54) is 39.8 Å². The Morgan fingerprint density at radius 2 is 1.47 bits per heavy atom. The Balaban J connectivity index is 1.78. The fraction of sp³-hybridized carbons (Fsp3) is 0.400. The number of phosphoric acid groups is 1. The quantitative estimate of drug-likeness (QED) is 0.244. The van der Waals surface area contributed by atoms with Crippen LogP contribution >= 0.6 is 19.4 Å². The average molecular weight is 638 g/mol. The molecule has 9 nitrogen and oxygen atoms in total. The number of anilines is 3. The number of halogens is 3. The van der Waals surface area contributed by atoms with Crippen LogP contribution in [-0.2, 0) is 24.9 Å². The van der Waals surface area contributed by atoms with Crippen LogP contribution in [0.4, 0.5) is 25.8 Å². The van der Waals surface area contributed by atoms with Crippen LogP contribution in [0.15, 0.2) is 47.3 Å². The van der Waals surface area contributed by atoms with Crippen LogP contribution in [0.3, 0.4) is 0 Å². The molecule has 0 bridgehead atoms. The predicted octanol–water partition coefficient (Wildman–Crippen LogP) is 7.87. The second kappa shape index (κ2) is 11.8. The zero-order valence-corrected chi connectivity index (χ0v) is 27.0. The van der Waals surface area contributed by atoms with E-state index in [1.807, 2.05) is 0 Å². The molecule has 0 N–H and O–H groups in total. The topological polar surface area (TPSA) is 90.3 Å². The van der Waals surface area contributed by atoms with Gasteiger partial charge >= 0.3 is 7.82 Å². The first kappa shape index (κ1) is 32.8. The first-order valence-corrected chi connectivity index (χ1v) is 15.3. The van der Waals surface area contributed by atoms with Gasteiger partial charge in [-0.3, -0.25) is 32.6 Å². The second-order valence-electron chi connectivity index (χ2n) is 12.2. The van der Waals surface area contributed by atoms with Crippen LogP contribution in [0.25, 0.3) is 0 Å². The smallest absolute Gasteiger partial charge is 0.322 e. The number of nitrogens with zero attached hydrogens (tertiary/aromatic N) is 3. The van der Waals surface area contributed by atoms with Gasteiger partial charge in [-0.15, -0.1) is 0 Å². The maximum absolute atomic E-state index is 14.6. The molecular weight excluding hydrogens is 603 g/mol. The van der Waals surface area contributed by atoms with Crippen molar-refractivity contribution in [1.29, 1.82) is 0 Å².